The monoisotopic (exact) mass is 442 g/mol. The van der Waals surface area contributed by atoms with Crippen LogP contribution in [0, 0.1) is 10.8 Å². The van der Waals surface area contributed by atoms with E-state index in [0.29, 0.717) is 38.5 Å². The maximum Gasteiger partial charge on any atom is 0.305 e. The summed E-state index contributed by atoms with van der Waals surface area (Å²) in [4.78, 5) is 46.9. The van der Waals surface area contributed by atoms with Crippen LogP contribution in [0.25, 0.3) is 0 Å². The van der Waals surface area contributed by atoms with Crippen molar-refractivity contribution in [1.29, 1.82) is 0 Å². The summed E-state index contributed by atoms with van der Waals surface area (Å²) in [6.45, 7) is 12.1. The van der Waals surface area contributed by atoms with E-state index in [0.717, 1.165) is 0 Å². The van der Waals surface area contributed by atoms with Crippen molar-refractivity contribution in [2.45, 2.75) is 92.9 Å². The summed E-state index contributed by atoms with van der Waals surface area (Å²) in [5.41, 5.74) is -0.669. The molecule has 0 bridgehead atoms. The predicted molar refractivity (Wildman–Crippen MR) is 119 cm³/mol. The van der Waals surface area contributed by atoms with E-state index in [1.54, 1.807) is 0 Å². The highest BCUT2D eigenvalue weighted by atomic mass is 16.6. The number of carbonyl (C=O) groups excluding carboxylic acids is 4. The van der Waals surface area contributed by atoms with E-state index >= 15 is 0 Å². The molecule has 0 radical (unpaired) electrons. The van der Waals surface area contributed by atoms with Gasteiger partial charge in [-0.25, -0.2) is 0 Å². The average molecular weight is 443 g/mol. The lowest BCUT2D eigenvalue weighted by Gasteiger charge is -2.16. The number of ether oxygens (including phenoxy) is 3. The molecule has 0 fully saturated rings. The van der Waals surface area contributed by atoms with E-state index in [9.17, 15) is 19.2 Å². The molecule has 0 atom stereocenters. The third-order valence-corrected chi connectivity index (χ3v) is 4.72. The Morgan fingerprint density at radius 3 is 1.16 bits per heavy atom. The molecule has 180 valence electrons. The largest absolute Gasteiger partial charge is 0.463 e. The van der Waals surface area contributed by atoms with Crippen LogP contribution in [0.1, 0.15) is 92.9 Å². The highest BCUT2D eigenvalue weighted by molar-refractivity contribution is 5.84. The predicted octanol–water partition coefficient (Wildman–Crippen LogP) is 4.44. The molecule has 0 unspecified atom stereocenters. The summed E-state index contributed by atoms with van der Waals surface area (Å²) in [6, 6.07) is 0. The van der Waals surface area contributed by atoms with Crippen LogP contribution in [0.2, 0.25) is 0 Å². The van der Waals surface area contributed by atoms with E-state index in [4.69, 9.17) is 14.2 Å². The fourth-order valence-corrected chi connectivity index (χ4v) is 2.54. The van der Waals surface area contributed by atoms with E-state index < -0.39 is 0 Å². The Kier molecular flexibility index (Phi) is 14.3. The maximum absolute atomic E-state index is 11.8. The minimum absolute atomic E-state index is 0.148. The highest BCUT2D eigenvalue weighted by Gasteiger charge is 2.21. The van der Waals surface area contributed by atoms with Gasteiger partial charge in [0.2, 0.25) is 0 Å². The van der Waals surface area contributed by atoms with Crippen LogP contribution in [0.4, 0.5) is 0 Å². The Hall–Kier alpha value is -1.76. The standard InChI is InChI=1S/C24H42O7/c1-23(2,3)19(25)11-7-9-13-21(27)30-17-15-29-16-18-31-22(28)14-10-8-12-20(26)24(4,5)6/h7-18H2,1-6H3. The molecule has 0 rings (SSSR count). The van der Waals surface area contributed by atoms with Gasteiger partial charge in [-0.1, -0.05) is 41.5 Å². The smallest absolute Gasteiger partial charge is 0.305 e. The average Bonchev–Trinajstić information content (AvgIpc) is 2.65. The van der Waals surface area contributed by atoms with Crippen LogP contribution in [0.15, 0.2) is 0 Å². The number of rotatable bonds is 16. The molecule has 0 aliphatic carbocycles. The molecule has 0 aromatic rings. The van der Waals surface area contributed by atoms with Crippen LogP contribution in [-0.2, 0) is 33.4 Å². The van der Waals surface area contributed by atoms with Gasteiger partial charge in [0.25, 0.3) is 0 Å². The summed E-state index contributed by atoms with van der Waals surface area (Å²) in [7, 11) is 0. The first-order valence-corrected chi connectivity index (χ1v) is 11.3. The molecule has 0 aromatic heterocycles. The number of hydrogen-bond acceptors (Lipinski definition) is 7. The first-order valence-electron chi connectivity index (χ1n) is 11.3. The maximum atomic E-state index is 11.8. The number of hydrogen-bond donors (Lipinski definition) is 0. The van der Waals surface area contributed by atoms with Crippen LogP contribution in [0.3, 0.4) is 0 Å². The molecule has 7 nitrogen and oxygen atoms in total. The van der Waals surface area contributed by atoms with Gasteiger partial charge in [-0.2, -0.15) is 0 Å². The molecule has 31 heavy (non-hydrogen) atoms. The van der Waals surface area contributed by atoms with Crippen molar-refractivity contribution in [2.24, 2.45) is 10.8 Å². The summed E-state index contributed by atoms with van der Waals surface area (Å²) >= 11 is 0. The van der Waals surface area contributed by atoms with Crippen molar-refractivity contribution in [2.75, 3.05) is 26.4 Å². The molecule has 0 N–H and O–H groups in total. The van der Waals surface area contributed by atoms with Crippen LogP contribution >= 0.6 is 0 Å². The van der Waals surface area contributed by atoms with Crippen molar-refractivity contribution in [3.63, 3.8) is 0 Å². The van der Waals surface area contributed by atoms with E-state index in [1.807, 2.05) is 41.5 Å². The minimum atomic E-state index is -0.335. The molecule has 0 aromatic carbocycles. The molecule has 0 amide bonds. The Balaban J connectivity index is 3.54. The van der Waals surface area contributed by atoms with Gasteiger partial charge in [-0.05, 0) is 25.7 Å². The van der Waals surface area contributed by atoms with Crippen molar-refractivity contribution in [1.82, 2.24) is 0 Å². The fraction of sp³-hybridized carbons (Fsp3) is 0.833. The van der Waals surface area contributed by atoms with Gasteiger partial charge < -0.3 is 14.2 Å². The topological polar surface area (TPSA) is 96.0 Å². The lowest BCUT2D eigenvalue weighted by molar-refractivity contribution is -0.147. The van der Waals surface area contributed by atoms with E-state index in [2.05, 4.69) is 0 Å². The normalized spacial score (nSPS) is 11.8. The summed E-state index contributed by atoms with van der Waals surface area (Å²) in [6.07, 6.45) is 4.15. The third-order valence-electron chi connectivity index (χ3n) is 4.72. The second kappa shape index (κ2) is 15.1. The summed E-state index contributed by atoms with van der Waals surface area (Å²) < 4.78 is 15.4. The number of Topliss-reactive ketones (excluding diaryl/α,β-unsaturated/α-hetero) is 2. The van der Waals surface area contributed by atoms with Gasteiger partial charge in [0.15, 0.2) is 0 Å². The molecular formula is C24H42O7. The second-order valence-corrected chi connectivity index (χ2v) is 9.81. The molecule has 0 heterocycles. The first-order chi connectivity index (χ1) is 14.3. The SMILES string of the molecule is CC(C)(C)C(=O)CCCCC(=O)OCCOCCOC(=O)CCCCC(=O)C(C)(C)C. The van der Waals surface area contributed by atoms with Gasteiger partial charge >= 0.3 is 11.9 Å². The second-order valence-electron chi connectivity index (χ2n) is 9.81. The molecule has 0 spiro atoms. The van der Waals surface area contributed by atoms with Crippen LogP contribution in [0.5, 0.6) is 0 Å². The molecule has 0 saturated heterocycles. The van der Waals surface area contributed by atoms with Crippen molar-refractivity contribution < 1.29 is 33.4 Å². The van der Waals surface area contributed by atoms with E-state index in [1.165, 1.54) is 0 Å². The molecule has 0 aliphatic heterocycles. The lowest BCUT2D eigenvalue weighted by atomic mass is 9.88. The molecule has 0 aliphatic rings. The van der Waals surface area contributed by atoms with Gasteiger partial charge in [0.1, 0.15) is 24.8 Å². The molecule has 7 heteroatoms. The molecular weight excluding hydrogens is 400 g/mol. The van der Waals surface area contributed by atoms with Gasteiger partial charge in [0.05, 0.1) is 13.2 Å². The number of carbonyl (C=O) groups is 4. The van der Waals surface area contributed by atoms with Gasteiger partial charge in [-0.3, -0.25) is 19.2 Å². The minimum Gasteiger partial charge on any atom is -0.463 e. The first kappa shape index (κ1) is 29.2. The Bertz CT molecular complexity index is 517. The van der Waals surface area contributed by atoms with E-state index in [-0.39, 0.29) is 73.6 Å². The van der Waals surface area contributed by atoms with Crippen LogP contribution < -0.4 is 0 Å². The van der Waals surface area contributed by atoms with Crippen molar-refractivity contribution >= 4 is 23.5 Å². The summed E-state index contributed by atoms with van der Waals surface area (Å²) in [5, 5.41) is 0. The van der Waals surface area contributed by atoms with Crippen molar-refractivity contribution in [3.8, 4) is 0 Å². The van der Waals surface area contributed by atoms with Gasteiger partial charge in [0, 0.05) is 36.5 Å². The quantitative estimate of drug-likeness (QED) is 0.257. The fourth-order valence-electron chi connectivity index (χ4n) is 2.54. The highest BCUT2D eigenvalue weighted by Crippen LogP contribution is 2.19. The van der Waals surface area contributed by atoms with Gasteiger partial charge in [-0.15, -0.1) is 0 Å². The molecule has 0 saturated carbocycles. The number of unbranched alkanes of at least 4 members (excludes halogenated alkanes) is 2. The third kappa shape index (κ3) is 16.6. The lowest BCUT2D eigenvalue weighted by Crippen LogP contribution is -2.19. The zero-order valence-corrected chi connectivity index (χ0v) is 20.3. The van der Waals surface area contributed by atoms with Crippen molar-refractivity contribution in [3.05, 3.63) is 0 Å². The zero-order chi connectivity index (χ0) is 23.9. The number of esters is 2. The Morgan fingerprint density at radius 1 is 0.516 bits per heavy atom. The Morgan fingerprint density at radius 2 is 0.839 bits per heavy atom. The summed E-state index contributed by atoms with van der Waals surface area (Å²) in [5.74, 6) is -0.206. The Labute approximate surface area is 187 Å². The zero-order valence-electron chi connectivity index (χ0n) is 20.3. The van der Waals surface area contributed by atoms with Crippen LogP contribution in [-0.4, -0.2) is 49.9 Å². The number of ketones is 2.